The van der Waals surface area contributed by atoms with Gasteiger partial charge in [0.15, 0.2) is 0 Å². The van der Waals surface area contributed by atoms with Crippen LogP contribution in [0, 0.1) is 0 Å². The fraction of sp³-hybridized carbons (Fsp3) is 0.0909. The van der Waals surface area contributed by atoms with E-state index in [-0.39, 0.29) is 17.1 Å². The van der Waals surface area contributed by atoms with Crippen LogP contribution < -0.4 is 5.32 Å². The number of anilines is 1. The van der Waals surface area contributed by atoms with Crippen LogP contribution in [-0.4, -0.2) is 7.05 Å². The van der Waals surface area contributed by atoms with Crippen molar-refractivity contribution < 1.29 is 17.1 Å². The predicted octanol–water partition coefficient (Wildman–Crippen LogP) is 2.85. The third kappa shape index (κ3) is 5.29. The summed E-state index contributed by atoms with van der Waals surface area (Å²) in [5, 5.41) is 3.01. The van der Waals surface area contributed by atoms with Crippen LogP contribution in [0.2, 0.25) is 0 Å². The summed E-state index contributed by atoms with van der Waals surface area (Å²) in [6.45, 7) is 0. The summed E-state index contributed by atoms with van der Waals surface area (Å²) in [6, 6.07) is 18.1. The normalized spacial score (nSPS) is 7.77. The molecule has 0 aliphatic rings. The van der Waals surface area contributed by atoms with Gasteiger partial charge in [-0.15, -0.1) is 0 Å². The summed E-state index contributed by atoms with van der Waals surface area (Å²) < 4.78 is 0. The molecule has 2 heteroatoms. The molecule has 0 atom stereocenters. The zero-order chi connectivity index (χ0) is 8.65. The van der Waals surface area contributed by atoms with Gasteiger partial charge in [0.25, 0.3) is 0 Å². The van der Waals surface area contributed by atoms with Crippen LogP contribution in [0.3, 0.4) is 0 Å². The molecule has 2 aromatic carbocycles. The number of rotatable bonds is 1. The van der Waals surface area contributed by atoms with Gasteiger partial charge in [0, 0.05) is 17.1 Å². The van der Waals surface area contributed by atoms with E-state index in [2.05, 4.69) is 5.32 Å². The van der Waals surface area contributed by atoms with Crippen molar-refractivity contribution in [2.45, 2.75) is 0 Å². The Labute approximate surface area is 90.0 Å². The Bertz CT molecular complexity index is 241. The van der Waals surface area contributed by atoms with Crippen molar-refractivity contribution in [2.24, 2.45) is 0 Å². The molecule has 0 spiro atoms. The van der Waals surface area contributed by atoms with Crippen LogP contribution in [0.15, 0.2) is 54.6 Å². The van der Waals surface area contributed by atoms with Gasteiger partial charge in [0.1, 0.15) is 0 Å². The summed E-state index contributed by atoms with van der Waals surface area (Å²) in [5.41, 5.74) is 1.18. The van der Waals surface area contributed by atoms with Crippen molar-refractivity contribution in [2.75, 3.05) is 12.4 Å². The summed E-state index contributed by atoms with van der Waals surface area (Å²) >= 11 is 0. The molecule has 0 aliphatic carbocycles. The van der Waals surface area contributed by atoms with Gasteiger partial charge in [-0.1, -0.05) is 5.69 Å². The second-order valence-corrected chi connectivity index (χ2v) is 2.39. The van der Waals surface area contributed by atoms with Crippen molar-refractivity contribution in [3.05, 3.63) is 54.6 Å². The molecule has 0 unspecified atom stereocenters. The molecule has 0 amide bonds. The van der Waals surface area contributed by atoms with Gasteiger partial charge in [0.2, 0.25) is 0 Å². The van der Waals surface area contributed by atoms with E-state index in [1.54, 1.807) is 0 Å². The number of hydrogen-bond acceptors (Lipinski definition) is 1. The summed E-state index contributed by atoms with van der Waals surface area (Å²) in [5.74, 6) is 0. The van der Waals surface area contributed by atoms with Gasteiger partial charge < -0.3 is 35.6 Å². The molecule has 0 fully saturated rings. The summed E-state index contributed by atoms with van der Waals surface area (Å²) in [6.07, 6.45) is 0. The van der Waals surface area contributed by atoms with E-state index in [0.717, 1.165) is 0 Å². The van der Waals surface area contributed by atoms with Crippen molar-refractivity contribution >= 4 is 5.69 Å². The standard InChI is InChI=1S/C6H8N.C5H5.Fe/c1-7-6-4-2-3-5-6;1-2-4-5-3-1;/h2-5,7H,1H3;1-5H;/q-1;-5;. The zero-order valence-electron chi connectivity index (χ0n) is 7.55. The molecular weight excluding hydrogens is 202 g/mol. The smallest absolute Gasteiger partial charge is 0 e. The molecule has 2 aromatic rings. The van der Waals surface area contributed by atoms with Gasteiger partial charge in [0.05, 0.1) is 0 Å². The molecule has 2 rings (SSSR count). The van der Waals surface area contributed by atoms with Crippen LogP contribution in [-0.2, 0) is 17.1 Å². The molecule has 0 heterocycles. The van der Waals surface area contributed by atoms with Crippen LogP contribution >= 0.6 is 0 Å². The maximum Gasteiger partial charge on any atom is 0 e. The SMILES string of the molecule is CN[c-]1cccc1.[Fe].[cH-]1[cH-][cH-][cH-][cH-]1. The third-order valence-electron chi connectivity index (χ3n) is 1.51. The van der Waals surface area contributed by atoms with E-state index < -0.39 is 0 Å². The monoisotopic (exact) mass is 215 g/mol. The maximum atomic E-state index is 3.01. The molecule has 0 bridgehead atoms. The topological polar surface area (TPSA) is 12.0 Å². The van der Waals surface area contributed by atoms with Gasteiger partial charge in [-0.3, -0.25) is 0 Å². The van der Waals surface area contributed by atoms with E-state index in [1.165, 1.54) is 5.69 Å². The molecule has 0 aliphatic heterocycles. The van der Waals surface area contributed by atoms with E-state index in [9.17, 15) is 0 Å². The predicted molar refractivity (Wildman–Crippen MR) is 53.6 cm³/mol. The Hall–Kier alpha value is -0.981. The first-order chi connectivity index (χ1) is 5.93. The van der Waals surface area contributed by atoms with E-state index in [1.807, 2.05) is 61.6 Å². The van der Waals surface area contributed by atoms with Crippen LogP contribution in [0.4, 0.5) is 5.69 Å². The molecule has 0 radical (unpaired) electrons. The minimum atomic E-state index is 0. The second kappa shape index (κ2) is 7.66. The molecule has 1 N–H and O–H groups in total. The van der Waals surface area contributed by atoms with Crippen molar-refractivity contribution in [1.29, 1.82) is 0 Å². The van der Waals surface area contributed by atoms with Crippen molar-refractivity contribution in [3.63, 3.8) is 0 Å². The van der Waals surface area contributed by atoms with Gasteiger partial charge >= 0.3 is 0 Å². The Morgan fingerprint density at radius 3 is 1.54 bits per heavy atom. The van der Waals surface area contributed by atoms with Gasteiger partial charge in [-0.2, -0.15) is 12.1 Å². The molecule has 13 heavy (non-hydrogen) atoms. The molecule has 1 nitrogen and oxygen atoms in total. The third-order valence-corrected chi connectivity index (χ3v) is 1.51. The molecule has 0 saturated carbocycles. The van der Waals surface area contributed by atoms with E-state index >= 15 is 0 Å². The largest absolute Gasteiger partial charge is 0.748 e. The maximum absolute atomic E-state index is 3.01. The zero-order valence-corrected chi connectivity index (χ0v) is 8.65. The first-order valence-electron chi connectivity index (χ1n) is 3.99. The van der Waals surface area contributed by atoms with Crippen LogP contribution in [0.5, 0.6) is 0 Å². The van der Waals surface area contributed by atoms with Crippen LogP contribution in [0.1, 0.15) is 0 Å². The van der Waals surface area contributed by atoms with Crippen LogP contribution in [0.25, 0.3) is 0 Å². The Kier molecular flexibility index (Phi) is 7.08. The minimum Gasteiger partial charge on any atom is -0.748 e. The quantitative estimate of drug-likeness (QED) is 0.569. The number of nitrogens with one attached hydrogen (secondary N) is 1. The first-order valence-corrected chi connectivity index (χ1v) is 3.99. The second-order valence-electron chi connectivity index (χ2n) is 2.39. The summed E-state index contributed by atoms with van der Waals surface area (Å²) in [4.78, 5) is 0. The number of hydrogen-bond donors (Lipinski definition) is 1. The Morgan fingerprint density at radius 1 is 0.923 bits per heavy atom. The molecule has 76 valence electrons. The average molecular weight is 215 g/mol. The minimum absolute atomic E-state index is 0. The average Bonchev–Trinajstić information content (AvgIpc) is 2.81. The van der Waals surface area contributed by atoms with E-state index in [4.69, 9.17) is 0 Å². The molecular formula is C11H13FeN-6. The Balaban J connectivity index is 0.000000215. The summed E-state index contributed by atoms with van der Waals surface area (Å²) in [7, 11) is 1.91. The van der Waals surface area contributed by atoms with Gasteiger partial charge in [-0.05, 0) is 7.05 Å². The first kappa shape index (κ1) is 12.0. The van der Waals surface area contributed by atoms with Gasteiger partial charge in [-0.25, -0.2) is 12.1 Å². The fourth-order valence-electron chi connectivity index (χ4n) is 0.861. The van der Waals surface area contributed by atoms with Crippen molar-refractivity contribution in [1.82, 2.24) is 0 Å². The van der Waals surface area contributed by atoms with E-state index in [0.29, 0.717) is 0 Å². The molecule has 0 aromatic heterocycles. The fourth-order valence-corrected chi connectivity index (χ4v) is 0.861. The molecule has 0 saturated heterocycles. The Morgan fingerprint density at radius 2 is 1.31 bits per heavy atom. The van der Waals surface area contributed by atoms with Crippen molar-refractivity contribution in [3.8, 4) is 0 Å².